The van der Waals surface area contributed by atoms with Gasteiger partial charge in [-0.2, -0.15) is 0 Å². The van der Waals surface area contributed by atoms with E-state index >= 15 is 0 Å². The van der Waals surface area contributed by atoms with Crippen molar-refractivity contribution in [1.82, 2.24) is 14.9 Å². The highest BCUT2D eigenvalue weighted by molar-refractivity contribution is 7.20. The number of carbonyl (C=O) groups is 1. The largest absolute Gasteiger partial charge is 0.508 e. The van der Waals surface area contributed by atoms with E-state index in [1.165, 1.54) is 24.0 Å². The smallest absolute Gasteiger partial charge is 0.348 e. The molecule has 0 bridgehead atoms. The van der Waals surface area contributed by atoms with Gasteiger partial charge in [0.15, 0.2) is 0 Å². The standard InChI is InChI=1S/C21H21N3O4S/c1-12-17-19(26)22-16(23-20(17)29-18(12)21(27)28-2)11-24-9-7-14(8-10-24)13-3-5-15(25)6-4-13/h3-7,25H,8-11H2,1-2H3,(H,22,23,26). The van der Waals surface area contributed by atoms with Gasteiger partial charge in [0.25, 0.3) is 5.56 Å². The molecule has 2 N–H and O–H groups in total. The molecule has 0 saturated heterocycles. The van der Waals surface area contributed by atoms with E-state index in [1.54, 1.807) is 19.1 Å². The number of thiophene rings is 1. The van der Waals surface area contributed by atoms with Crippen molar-refractivity contribution in [3.63, 3.8) is 0 Å². The Bertz CT molecular complexity index is 1160. The predicted molar refractivity (Wildman–Crippen MR) is 112 cm³/mol. The van der Waals surface area contributed by atoms with E-state index in [2.05, 4.69) is 20.9 Å². The summed E-state index contributed by atoms with van der Waals surface area (Å²) in [6, 6.07) is 7.22. The van der Waals surface area contributed by atoms with Crippen LogP contribution < -0.4 is 5.56 Å². The zero-order chi connectivity index (χ0) is 20.5. The van der Waals surface area contributed by atoms with Crippen LogP contribution in [0.4, 0.5) is 0 Å². The average molecular weight is 411 g/mol. The zero-order valence-electron chi connectivity index (χ0n) is 16.2. The summed E-state index contributed by atoms with van der Waals surface area (Å²) in [5.41, 5.74) is 2.73. The van der Waals surface area contributed by atoms with Crippen molar-refractivity contribution >= 4 is 33.1 Å². The van der Waals surface area contributed by atoms with Gasteiger partial charge in [0.1, 0.15) is 21.3 Å². The van der Waals surface area contributed by atoms with Crippen molar-refractivity contribution in [3.8, 4) is 5.75 Å². The fraction of sp³-hybridized carbons (Fsp3) is 0.286. The number of nitrogens with one attached hydrogen (secondary N) is 1. The summed E-state index contributed by atoms with van der Waals surface area (Å²) >= 11 is 1.19. The van der Waals surface area contributed by atoms with Gasteiger partial charge in [0.05, 0.1) is 19.0 Å². The SMILES string of the molecule is COC(=O)c1sc2nc(CN3CC=C(c4ccc(O)cc4)CC3)[nH]c(=O)c2c1C. The normalized spacial score (nSPS) is 14.8. The second-order valence-corrected chi connectivity index (χ2v) is 8.00. The van der Waals surface area contributed by atoms with E-state index in [1.807, 2.05) is 12.1 Å². The molecule has 1 aromatic carbocycles. The van der Waals surface area contributed by atoms with Gasteiger partial charge in [-0.05, 0) is 42.2 Å². The topological polar surface area (TPSA) is 95.5 Å². The molecule has 0 unspecified atom stereocenters. The number of nitrogens with zero attached hydrogens (tertiary/aromatic N) is 2. The highest BCUT2D eigenvalue weighted by atomic mass is 32.1. The van der Waals surface area contributed by atoms with Crippen LogP contribution >= 0.6 is 11.3 Å². The first-order valence-corrected chi connectivity index (χ1v) is 10.1. The van der Waals surface area contributed by atoms with Gasteiger partial charge in [-0.25, -0.2) is 9.78 Å². The van der Waals surface area contributed by atoms with E-state index in [0.29, 0.717) is 33.0 Å². The van der Waals surface area contributed by atoms with E-state index in [0.717, 1.165) is 25.1 Å². The lowest BCUT2D eigenvalue weighted by Crippen LogP contribution is -2.29. The van der Waals surface area contributed by atoms with Crippen LogP contribution in [0.25, 0.3) is 15.8 Å². The Morgan fingerprint density at radius 1 is 1.34 bits per heavy atom. The molecule has 0 atom stereocenters. The molecule has 3 aromatic rings. The van der Waals surface area contributed by atoms with E-state index in [-0.39, 0.29) is 11.3 Å². The number of phenols is 1. The molecule has 0 aliphatic carbocycles. The maximum atomic E-state index is 12.6. The first-order valence-electron chi connectivity index (χ1n) is 9.27. The van der Waals surface area contributed by atoms with Gasteiger partial charge in [0, 0.05) is 13.1 Å². The maximum absolute atomic E-state index is 12.6. The van der Waals surface area contributed by atoms with Gasteiger partial charge < -0.3 is 14.8 Å². The molecular formula is C21H21N3O4S. The number of ether oxygens (including phenoxy) is 1. The molecule has 2 aromatic heterocycles. The number of fused-ring (bicyclic) bond motifs is 1. The first kappa shape index (κ1) is 19.4. The molecule has 3 heterocycles. The van der Waals surface area contributed by atoms with E-state index in [9.17, 15) is 14.7 Å². The summed E-state index contributed by atoms with van der Waals surface area (Å²) in [6.45, 7) is 3.84. The number of benzene rings is 1. The number of aromatic amines is 1. The summed E-state index contributed by atoms with van der Waals surface area (Å²) in [4.78, 5) is 35.1. The number of carbonyl (C=O) groups excluding carboxylic acids is 1. The molecule has 29 heavy (non-hydrogen) atoms. The molecule has 4 rings (SSSR count). The molecule has 0 saturated carbocycles. The monoisotopic (exact) mass is 411 g/mol. The molecular weight excluding hydrogens is 390 g/mol. The second kappa shape index (κ2) is 7.81. The molecule has 0 amide bonds. The van der Waals surface area contributed by atoms with Crippen molar-refractivity contribution in [2.75, 3.05) is 20.2 Å². The van der Waals surface area contributed by atoms with Crippen molar-refractivity contribution in [2.24, 2.45) is 0 Å². The van der Waals surface area contributed by atoms with Crippen molar-refractivity contribution in [2.45, 2.75) is 19.9 Å². The van der Waals surface area contributed by atoms with Crippen molar-refractivity contribution < 1.29 is 14.6 Å². The summed E-state index contributed by atoms with van der Waals surface area (Å²) in [5.74, 6) is 0.396. The molecule has 0 spiro atoms. The molecule has 1 aliphatic heterocycles. The Hall–Kier alpha value is -2.97. The number of aromatic hydroxyl groups is 1. The van der Waals surface area contributed by atoms with Crippen LogP contribution in [0.5, 0.6) is 5.75 Å². The van der Waals surface area contributed by atoms with Crippen LogP contribution in [-0.4, -0.2) is 46.1 Å². The summed E-state index contributed by atoms with van der Waals surface area (Å²) in [6.07, 6.45) is 3.04. The third-order valence-corrected chi connectivity index (χ3v) is 6.29. The van der Waals surface area contributed by atoms with Gasteiger partial charge in [-0.3, -0.25) is 9.69 Å². The third kappa shape index (κ3) is 3.81. The molecule has 1 aliphatic rings. The number of rotatable bonds is 4. The third-order valence-electron chi connectivity index (χ3n) is 5.13. The lowest BCUT2D eigenvalue weighted by atomic mass is 9.99. The Morgan fingerprint density at radius 2 is 2.10 bits per heavy atom. The number of esters is 1. The highest BCUT2D eigenvalue weighted by Crippen LogP contribution is 2.28. The fourth-order valence-corrected chi connectivity index (χ4v) is 4.67. The van der Waals surface area contributed by atoms with Crippen LogP contribution in [0, 0.1) is 6.92 Å². The number of aryl methyl sites for hydroxylation is 1. The fourth-order valence-electron chi connectivity index (χ4n) is 3.56. The predicted octanol–water partition coefficient (Wildman–Crippen LogP) is 3.07. The second-order valence-electron chi connectivity index (χ2n) is 7.00. The van der Waals surface area contributed by atoms with Crippen LogP contribution in [-0.2, 0) is 11.3 Å². The number of aromatic nitrogens is 2. The minimum absolute atomic E-state index is 0.230. The summed E-state index contributed by atoms with van der Waals surface area (Å²) < 4.78 is 4.79. The zero-order valence-corrected chi connectivity index (χ0v) is 17.0. The van der Waals surface area contributed by atoms with Crippen molar-refractivity contribution in [3.05, 3.63) is 62.5 Å². The van der Waals surface area contributed by atoms with Crippen molar-refractivity contribution in [1.29, 1.82) is 0 Å². The Morgan fingerprint density at radius 3 is 2.76 bits per heavy atom. The Balaban J connectivity index is 1.53. The molecule has 150 valence electrons. The van der Waals surface area contributed by atoms with Crippen LogP contribution in [0.3, 0.4) is 0 Å². The van der Waals surface area contributed by atoms with Crippen LogP contribution in [0.1, 0.15) is 33.0 Å². The van der Waals surface area contributed by atoms with Gasteiger partial charge >= 0.3 is 5.97 Å². The number of phenolic OH excluding ortho intramolecular Hbond substituents is 1. The molecule has 0 fully saturated rings. The quantitative estimate of drug-likeness (QED) is 0.641. The summed E-state index contributed by atoms with van der Waals surface area (Å²) in [7, 11) is 1.32. The highest BCUT2D eigenvalue weighted by Gasteiger charge is 2.21. The number of hydrogen-bond donors (Lipinski definition) is 2. The molecule has 8 heteroatoms. The van der Waals surface area contributed by atoms with Crippen LogP contribution in [0.15, 0.2) is 35.1 Å². The molecule has 0 radical (unpaired) electrons. The Kier molecular flexibility index (Phi) is 5.21. The maximum Gasteiger partial charge on any atom is 0.348 e. The number of methoxy groups -OCH3 is 1. The van der Waals surface area contributed by atoms with Gasteiger partial charge in [0.2, 0.25) is 0 Å². The number of hydrogen-bond acceptors (Lipinski definition) is 7. The van der Waals surface area contributed by atoms with Gasteiger partial charge in [-0.15, -0.1) is 11.3 Å². The minimum atomic E-state index is -0.450. The van der Waals surface area contributed by atoms with Gasteiger partial charge in [-0.1, -0.05) is 18.2 Å². The Labute approximate surface area is 171 Å². The first-order chi connectivity index (χ1) is 14.0. The lowest BCUT2D eigenvalue weighted by Gasteiger charge is -2.26. The molecule has 7 nitrogen and oxygen atoms in total. The van der Waals surface area contributed by atoms with Crippen LogP contribution in [0.2, 0.25) is 0 Å². The van der Waals surface area contributed by atoms with E-state index in [4.69, 9.17) is 4.74 Å². The minimum Gasteiger partial charge on any atom is -0.508 e. The van der Waals surface area contributed by atoms with E-state index < -0.39 is 5.97 Å². The average Bonchev–Trinajstić information content (AvgIpc) is 3.05. The number of H-pyrrole nitrogens is 1. The summed E-state index contributed by atoms with van der Waals surface area (Å²) in [5, 5.41) is 9.88. The lowest BCUT2D eigenvalue weighted by molar-refractivity contribution is 0.0605.